The minimum atomic E-state index is 0.408. The molecule has 2 saturated heterocycles. The minimum Gasteiger partial charge on any atom is -0.494 e. The van der Waals surface area contributed by atoms with Crippen LogP contribution in [-0.2, 0) is 0 Å². The number of rotatable bonds is 6. The monoisotopic (exact) mass is 290 g/mol. The first-order chi connectivity index (χ1) is 10.3. The van der Waals surface area contributed by atoms with Crippen LogP contribution in [0, 0.1) is 0 Å². The SMILES string of the molecule is CCOc1ccc(OCCN2C3CCC2CC(N)C3)cc1. The summed E-state index contributed by atoms with van der Waals surface area (Å²) in [5, 5.41) is 0. The summed E-state index contributed by atoms with van der Waals surface area (Å²) in [6.07, 6.45) is 4.92. The van der Waals surface area contributed by atoms with Gasteiger partial charge in [0.2, 0.25) is 0 Å². The lowest BCUT2D eigenvalue weighted by Crippen LogP contribution is -2.48. The molecule has 0 saturated carbocycles. The van der Waals surface area contributed by atoms with Gasteiger partial charge in [-0.3, -0.25) is 4.90 Å². The molecule has 0 spiro atoms. The quantitative estimate of drug-likeness (QED) is 0.874. The Kier molecular flexibility index (Phi) is 4.66. The Morgan fingerprint density at radius 1 is 1.05 bits per heavy atom. The van der Waals surface area contributed by atoms with Crippen LogP contribution in [0.5, 0.6) is 11.5 Å². The van der Waals surface area contributed by atoms with Crippen LogP contribution in [0.3, 0.4) is 0 Å². The van der Waals surface area contributed by atoms with Crippen molar-refractivity contribution in [3.8, 4) is 11.5 Å². The number of nitrogens with zero attached hydrogens (tertiary/aromatic N) is 1. The largest absolute Gasteiger partial charge is 0.494 e. The molecule has 4 nitrogen and oxygen atoms in total. The van der Waals surface area contributed by atoms with Crippen LogP contribution in [0.15, 0.2) is 24.3 Å². The number of hydrogen-bond acceptors (Lipinski definition) is 4. The molecule has 2 fully saturated rings. The average molecular weight is 290 g/mol. The smallest absolute Gasteiger partial charge is 0.119 e. The molecule has 1 aromatic rings. The summed E-state index contributed by atoms with van der Waals surface area (Å²) < 4.78 is 11.3. The van der Waals surface area contributed by atoms with Crippen LogP contribution in [0.25, 0.3) is 0 Å². The van der Waals surface area contributed by atoms with Gasteiger partial charge in [0, 0.05) is 24.7 Å². The second-order valence-corrected chi connectivity index (χ2v) is 6.11. The van der Waals surface area contributed by atoms with Gasteiger partial charge in [0.05, 0.1) is 6.61 Å². The molecule has 2 bridgehead atoms. The highest BCUT2D eigenvalue weighted by atomic mass is 16.5. The van der Waals surface area contributed by atoms with E-state index in [9.17, 15) is 0 Å². The van der Waals surface area contributed by atoms with E-state index in [2.05, 4.69) is 4.90 Å². The van der Waals surface area contributed by atoms with E-state index in [-0.39, 0.29) is 0 Å². The summed E-state index contributed by atoms with van der Waals surface area (Å²) in [7, 11) is 0. The number of nitrogens with two attached hydrogens (primary N) is 1. The van der Waals surface area contributed by atoms with Gasteiger partial charge in [-0.15, -0.1) is 0 Å². The second-order valence-electron chi connectivity index (χ2n) is 6.11. The molecule has 2 heterocycles. The molecule has 21 heavy (non-hydrogen) atoms. The van der Waals surface area contributed by atoms with Crippen LogP contribution < -0.4 is 15.2 Å². The molecule has 3 rings (SSSR count). The summed E-state index contributed by atoms with van der Waals surface area (Å²) >= 11 is 0. The van der Waals surface area contributed by atoms with E-state index in [4.69, 9.17) is 15.2 Å². The van der Waals surface area contributed by atoms with Gasteiger partial charge in [0.1, 0.15) is 18.1 Å². The summed E-state index contributed by atoms with van der Waals surface area (Å²) in [5.41, 5.74) is 6.11. The molecular weight excluding hydrogens is 264 g/mol. The Balaban J connectivity index is 1.46. The lowest BCUT2D eigenvalue weighted by Gasteiger charge is -2.37. The first kappa shape index (κ1) is 14.7. The highest BCUT2D eigenvalue weighted by Crippen LogP contribution is 2.34. The van der Waals surface area contributed by atoms with Crippen molar-refractivity contribution in [2.24, 2.45) is 5.73 Å². The number of fused-ring (bicyclic) bond motifs is 2. The number of piperidine rings is 1. The molecule has 2 N–H and O–H groups in total. The molecular formula is C17H26N2O2. The fourth-order valence-corrected chi connectivity index (χ4v) is 3.75. The van der Waals surface area contributed by atoms with Crippen molar-refractivity contribution in [3.05, 3.63) is 24.3 Å². The Bertz CT molecular complexity index is 435. The summed E-state index contributed by atoms with van der Waals surface area (Å²) in [6.45, 7) is 4.44. The molecule has 2 aliphatic rings. The van der Waals surface area contributed by atoms with Crippen molar-refractivity contribution >= 4 is 0 Å². The molecule has 2 unspecified atom stereocenters. The third kappa shape index (κ3) is 3.50. The van der Waals surface area contributed by atoms with Gasteiger partial charge < -0.3 is 15.2 Å². The first-order valence-corrected chi connectivity index (χ1v) is 8.13. The van der Waals surface area contributed by atoms with Crippen LogP contribution >= 0.6 is 0 Å². The molecule has 0 aromatic heterocycles. The maximum absolute atomic E-state index is 6.11. The minimum absolute atomic E-state index is 0.408. The number of hydrogen-bond donors (Lipinski definition) is 1. The Morgan fingerprint density at radius 2 is 1.62 bits per heavy atom. The number of benzene rings is 1. The zero-order valence-electron chi connectivity index (χ0n) is 12.8. The van der Waals surface area contributed by atoms with Gasteiger partial charge in [0.15, 0.2) is 0 Å². The summed E-state index contributed by atoms with van der Waals surface area (Å²) in [4.78, 5) is 2.61. The second kappa shape index (κ2) is 6.67. The standard InChI is InChI=1S/C17H26N2O2/c1-2-20-16-5-7-17(8-6-16)21-10-9-19-14-3-4-15(19)12-13(18)11-14/h5-8,13-15H,2-4,9-12,18H2,1H3. The normalized spacial score (nSPS) is 28.6. The molecule has 4 heteroatoms. The molecule has 0 radical (unpaired) electrons. The molecule has 1 aromatic carbocycles. The van der Waals surface area contributed by atoms with E-state index in [1.807, 2.05) is 31.2 Å². The van der Waals surface area contributed by atoms with Gasteiger partial charge >= 0.3 is 0 Å². The highest BCUT2D eigenvalue weighted by Gasteiger charge is 2.39. The van der Waals surface area contributed by atoms with Crippen molar-refractivity contribution in [1.29, 1.82) is 0 Å². The maximum Gasteiger partial charge on any atom is 0.119 e. The van der Waals surface area contributed by atoms with Crippen LogP contribution in [0.4, 0.5) is 0 Å². The summed E-state index contributed by atoms with van der Waals surface area (Å²) in [5.74, 6) is 1.81. The van der Waals surface area contributed by atoms with Crippen molar-refractivity contribution in [3.63, 3.8) is 0 Å². The van der Waals surface area contributed by atoms with Crippen molar-refractivity contribution in [2.75, 3.05) is 19.8 Å². The third-order valence-corrected chi connectivity index (χ3v) is 4.67. The van der Waals surface area contributed by atoms with Gasteiger partial charge in [-0.1, -0.05) is 0 Å². The maximum atomic E-state index is 6.11. The predicted molar refractivity (Wildman–Crippen MR) is 83.8 cm³/mol. The Labute approximate surface area is 127 Å². The molecule has 0 amide bonds. The zero-order chi connectivity index (χ0) is 14.7. The fourth-order valence-electron chi connectivity index (χ4n) is 3.75. The summed E-state index contributed by atoms with van der Waals surface area (Å²) in [6, 6.07) is 9.65. The Morgan fingerprint density at radius 3 is 2.19 bits per heavy atom. The fraction of sp³-hybridized carbons (Fsp3) is 0.647. The van der Waals surface area contributed by atoms with Crippen LogP contribution in [-0.4, -0.2) is 42.8 Å². The van der Waals surface area contributed by atoms with Crippen LogP contribution in [0.1, 0.15) is 32.6 Å². The third-order valence-electron chi connectivity index (χ3n) is 4.67. The van der Waals surface area contributed by atoms with E-state index in [1.54, 1.807) is 0 Å². The van der Waals surface area contributed by atoms with E-state index >= 15 is 0 Å². The van der Waals surface area contributed by atoms with Crippen LogP contribution in [0.2, 0.25) is 0 Å². The average Bonchev–Trinajstić information content (AvgIpc) is 2.72. The lowest BCUT2D eigenvalue weighted by molar-refractivity contribution is 0.106. The predicted octanol–water partition coefficient (Wildman–Crippen LogP) is 2.42. The van der Waals surface area contributed by atoms with E-state index in [1.165, 1.54) is 12.8 Å². The van der Waals surface area contributed by atoms with Crippen molar-refractivity contribution in [1.82, 2.24) is 4.90 Å². The first-order valence-electron chi connectivity index (χ1n) is 8.13. The van der Waals surface area contributed by atoms with Gasteiger partial charge in [0.25, 0.3) is 0 Å². The van der Waals surface area contributed by atoms with Crippen molar-refractivity contribution < 1.29 is 9.47 Å². The zero-order valence-corrected chi connectivity index (χ0v) is 12.8. The highest BCUT2D eigenvalue weighted by molar-refractivity contribution is 5.31. The van der Waals surface area contributed by atoms with E-state index < -0.39 is 0 Å². The van der Waals surface area contributed by atoms with E-state index in [0.717, 1.165) is 37.5 Å². The molecule has 2 atom stereocenters. The molecule has 0 aliphatic carbocycles. The Hall–Kier alpha value is -1.26. The van der Waals surface area contributed by atoms with Gasteiger partial charge in [-0.05, 0) is 56.9 Å². The van der Waals surface area contributed by atoms with Gasteiger partial charge in [-0.2, -0.15) is 0 Å². The van der Waals surface area contributed by atoms with Gasteiger partial charge in [-0.25, -0.2) is 0 Å². The van der Waals surface area contributed by atoms with Crippen molar-refractivity contribution in [2.45, 2.75) is 50.7 Å². The number of ether oxygens (including phenoxy) is 2. The molecule has 2 aliphatic heterocycles. The molecule has 116 valence electrons. The topological polar surface area (TPSA) is 47.7 Å². The lowest BCUT2D eigenvalue weighted by atomic mass is 9.98. The van der Waals surface area contributed by atoms with E-state index in [0.29, 0.717) is 24.7 Å².